The second-order valence-electron chi connectivity index (χ2n) is 7.47. The zero-order valence-electron chi connectivity index (χ0n) is 16.1. The zero-order valence-corrected chi connectivity index (χ0v) is 16.1. The topological polar surface area (TPSA) is 72.6 Å². The number of benzene rings is 1. The number of rotatable bonds is 5. The van der Waals surface area contributed by atoms with Crippen LogP contribution in [-0.2, 0) is 16.1 Å². The Balaban J connectivity index is 1.79. The van der Waals surface area contributed by atoms with Crippen LogP contribution in [-0.4, -0.2) is 50.6 Å². The van der Waals surface area contributed by atoms with Crippen molar-refractivity contribution < 1.29 is 9.53 Å². The Morgan fingerprint density at radius 3 is 2.70 bits per heavy atom. The monoisotopic (exact) mass is 367 g/mol. The minimum absolute atomic E-state index is 0.0233. The number of carbonyl (C=O) groups excluding carboxylic acids is 1. The number of carbonyl (C=O) groups is 1. The lowest BCUT2D eigenvalue weighted by Crippen LogP contribution is -2.40. The lowest BCUT2D eigenvalue weighted by Gasteiger charge is -2.29. The maximum atomic E-state index is 12.7. The summed E-state index contributed by atoms with van der Waals surface area (Å²) in [5.74, 6) is 0.0233. The molecule has 1 amide bonds. The third-order valence-electron chi connectivity index (χ3n) is 5.65. The van der Waals surface area contributed by atoms with Crippen LogP contribution in [0.1, 0.15) is 42.4 Å². The largest absolute Gasteiger partial charge is 0.375 e. The Hall–Kier alpha value is -2.54. The molecule has 0 atom stereocenters. The first-order valence-corrected chi connectivity index (χ1v) is 9.48. The molecule has 0 aliphatic heterocycles. The SMILES string of the molecule is COCC(=O)N(Cc1cc2cc(C)c(C)cc2n2nnnc12)C1CCCC1. The molecule has 2 heterocycles. The molecule has 27 heavy (non-hydrogen) atoms. The fourth-order valence-corrected chi connectivity index (χ4v) is 4.07. The molecular weight excluding hydrogens is 342 g/mol. The van der Waals surface area contributed by atoms with Crippen LogP contribution in [0, 0.1) is 13.8 Å². The van der Waals surface area contributed by atoms with Crippen molar-refractivity contribution in [2.45, 2.75) is 52.1 Å². The Labute approximate surface area is 158 Å². The van der Waals surface area contributed by atoms with Gasteiger partial charge in [-0.2, -0.15) is 4.52 Å². The van der Waals surface area contributed by atoms with E-state index in [1.807, 2.05) is 4.90 Å². The van der Waals surface area contributed by atoms with Gasteiger partial charge in [0.2, 0.25) is 5.91 Å². The van der Waals surface area contributed by atoms with E-state index in [1.165, 1.54) is 24.0 Å². The van der Waals surface area contributed by atoms with Gasteiger partial charge in [-0.05, 0) is 66.4 Å². The summed E-state index contributed by atoms with van der Waals surface area (Å²) in [5, 5.41) is 13.4. The number of amides is 1. The van der Waals surface area contributed by atoms with E-state index in [0.29, 0.717) is 12.2 Å². The lowest BCUT2D eigenvalue weighted by atomic mass is 10.0. The second kappa shape index (κ2) is 7.23. The first kappa shape index (κ1) is 17.9. The number of tetrazole rings is 1. The van der Waals surface area contributed by atoms with Crippen molar-refractivity contribution in [3.63, 3.8) is 0 Å². The molecule has 4 rings (SSSR count). The third kappa shape index (κ3) is 3.27. The van der Waals surface area contributed by atoms with Crippen molar-refractivity contribution in [1.29, 1.82) is 0 Å². The predicted octanol–water partition coefficient (Wildman–Crippen LogP) is 2.81. The molecule has 1 aliphatic carbocycles. The molecule has 0 unspecified atom stereocenters. The van der Waals surface area contributed by atoms with E-state index in [1.54, 1.807) is 11.6 Å². The summed E-state index contributed by atoms with van der Waals surface area (Å²) < 4.78 is 6.90. The van der Waals surface area contributed by atoms with Gasteiger partial charge < -0.3 is 9.64 Å². The standard InChI is InChI=1S/C20H25N5O2/c1-13-8-15-10-16(20-21-22-23-25(20)18(15)9-14(13)2)11-24(19(26)12-27-3)17-6-4-5-7-17/h8-10,17H,4-7,11-12H2,1-3H3. The highest BCUT2D eigenvalue weighted by Crippen LogP contribution is 2.28. The number of aryl methyl sites for hydroxylation is 2. The molecule has 0 radical (unpaired) electrons. The summed E-state index contributed by atoms with van der Waals surface area (Å²) in [6.45, 7) is 4.79. The quantitative estimate of drug-likeness (QED) is 0.693. The van der Waals surface area contributed by atoms with Crippen LogP contribution >= 0.6 is 0 Å². The van der Waals surface area contributed by atoms with Gasteiger partial charge in [0.15, 0.2) is 5.65 Å². The Bertz CT molecular complexity index is 991. The second-order valence-corrected chi connectivity index (χ2v) is 7.47. The fourth-order valence-electron chi connectivity index (χ4n) is 4.07. The number of ether oxygens (including phenoxy) is 1. The van der Waals surface area contributed by atoms with Gasteiger partial charge in [-0.3, -0.25) is 4.79 Å². The van der Waals surface area contributed by atoms with Crippen LogP contribution in [0.5, 0.6) is 0 Å². The molecule has 7 heteroatoms. The summed E-state index contributed by atoms with van der Waals surface area (Å²) in [6.07, 6.45) is 4.42. The molecular formula is C20H25N5O2. The molecule has 0 saturated heterocycles. The van der Waals surface area contributed by atoms with Crippen LogP contribution in [0.15, 0.2) is 18.2 Å². The zero-order chi connectivity index (χ0) is 19.0. The van der Waals surface area contributed by atoms with Gasteiger partial charge in [-0.1, -0.05) is 12.8 Å². The minimum atomic E-state index is 0.0233. The fraction of sp³-hybridized carbons (Fsp3) is 0.500. The number of aromatic nitrogens is 4. The molecule has 7 nitrogen and oxygen atoms in total. The van der Waals surface area contributed by atoms with Crippen LogP contribution in [0.25, 0.3) is 16.6 Å². The van der Waals surface area contributed by atoms with Crippen molar-refractivity contribution >= 4 is 22.5 Å². The highest BCUT2D eigenvalue weighted by atomic mass is 16.5. The molecule has 1 aliphatic rings. The highest BCUT2D eigenvalue weighted by Gasteiger charge is 2.27. The lowest BCUT2D eigenvalue weighted by molar-refractivity contribution is -0.138. The van der Waals surface area contributed by atoms with Crippen LogP contribution in [0.4, 0.5) is 0 Å². The van der Waals surface area contributed by atoms with E-state index in [9.17, 15) is 4.79 Å². The Morgan fingerprint density at radius 2 is 1.96 bits per heavy atom. The van der Waals surface area contributed by atoms with Crippen LogP contribution in [0.2, 0.25) is 0 Å². The van der Waals surface area contributed by atoms with Crippen molar-refractivity contribution in [1.82, 2.24) is 24.9 Å². The third-order valence-corrected chi connectivity index (χ3v) is 5.65. The van der Waals surface area contributed by atoms with E-state index < -0.39 is 0 Å². The van der Waals surface area contributed by atoms with Crippen LogP contribution in [0.3, 0.4) is 0 Å². The summed E-state index contributed by atoms with van der Waals surface area (Å²) in [6, 6.07) is 6.66. The number of hydrogen-bond donors (Lipinski definition) is 0. The van der Waals surface area contributed by atoms with E-state index in [2.05, 4.69) is 47.6 Å². The molecule has 0 bridgehead atoms. The smallest absolute Gasteiger partial charge is 0.249 e. The average Bonchev–Trinajstić information content (AvgIpc) is 3.33. The normalized spacial score (nSPS) is 15.1. The van der Waals surface area contributed by atoms with E-state index in [-0.39, 0.29) is 18.6 Å². The van der Waals surface area contributed by atoms with Gasteiger partial charge in [-0.25, -0.2) is 0 Å². The van der Waals surface area contributed by atoms with Gasteiger partial charge >= 0.3 is 0 Å². The maximum Gasteiger partial charge on any atom is 0.249 e. The molecule has 142 valence electrons. The highest BCUT2D eigenvalue weighted by molar-refractivity contribution is 5.85. The number of pyridine rings is 1. The van der Waals surface area contributed by atoms with E-state index in [4.69, 9.17) is 4.74 Å². The van der Waals surface area contributed by atoms with Gasteiger partial charge in [0, 0.05) is 30.6 Å². The minimum Gasteiger partial charge on any atom is -0.375 e. The Morgan fingerprint density at radius 1 is 1.22 bits per heavy atom. The first-order chi connectivity index (χ1) is 13.1. The van der Waals surface area contributed by atoms with Gasteiger partial charge in [-0.15, -0.1) is 5.10 Å². The molecule has 0 N–H and O–H groups in total. The average molecular weight is 367 g/mol. The van der Waals surface area contributed by atoms with Crippen LogP contribution < -0.4 is 0 Å². The van der Waals surface area contributed by atoms with Crippen molar-refractivity contribution in [2.75, 3.05) is 13.7 Å². The van der Waals surface area contributed by atoms with Crippen molar-refractivity contribution in [2.24, 2.45) is 0 Å². The summed E-state index contributed by atoms with van der Waals surface area (Å²) >= 11 is 0. The van der Waals surface area contributed by atoms with E-state index >= 15 is 0 Å². The Kier molecular flexibility index (Phi) is 4.78. The number of methoxy groups -OCH3 is 1. The molecule has 0 spiro atoms. The molecule has 2 aromatic heterocycles. The predicted molar refractivity (Wildman–Crippen MR) is 102 cm³/mol. The summed E-state index contributed by atoms with van der Waals surface area (Å²) in [5.41, 5.74) is 5.09. The summed E-state index contributed by atoms with van der Waals surface area (Å²) in [7, 11) is 1.56. The van der Waals surface area contributed by atoms with Crippen molar-refractivity contribution in [3.05, 3.63) is 34.9 Å². The summed E-state index contributed by atoms with van der Waals surface area (Å²) in [4.78, 5) is 14.7. The van der Waals surface area contributed by atoms with Gasteiger partial charge in [0.25, 0.3) is 0 Å². The number of fused-ring (bicyclic) bond motifs is 3. The number of nitrogens with zero attached hydrogens (tertiary/aromatic N) is 5. The number of hydrogen-bond acceptors (Lipinski definition) is 5. The first-order valence-electron chi connectivity index (χ1n) is 9.48. The molecule has 1 saturated carbocycles. The molecule has 1 aromatic carbocycles. The van der Waals surface area contributed by atoms with E-state index in [0.717, 1.165) is 29.3 Å². The molecule has 3 aromatic rings. The maximum absolute atomic E-state index is 12.7. The van der Waals surface area contributed by atoms with Gasteiger partial charge in [0.1, 0.15) is 6.61 Å². The van der Waals surface area contributed by atoms with Gasteiger partial charge in [0.05, 0.1) is 5.52 Å². The van der Waals surface area contributed by atoms with Crippen molar-refractivity contribution in [3.8, 4) is 0 Å². The molecule has 1 fully saturated rings.